The van der Waals surface area contributed by atoms with Crippen molar-refractivity contribution in [3.05, 3.63) is 40.8 Å². The highest BCUT2D eigenvalue weighted by molar-refractivity contribution is 7.94. The molecule has 0 radical (unpaired) electrons. The lowest BCUT2D eigenvalue weighted by Gasteiger charge is -2.13. The molecule has 0 aromatic carbocycles. The van der Waals surface area contributed by atoms with Crippen LogP contribution in [0.1, 0.15) is 43.9 Å². The summed E-state index contributed by atoms with van der Waals surface area (Å²) in [6.45, 7) is 2.80. The summed E-state index contributed by atoms with van der Waals surface area (Å²) in [6.07, 6.45) is 9.12. The third-order valence-electron chi connectivity index (χ3n) is 4.29. The van der Waals surface area contributed by atoms with Gasteiger partial charge in [-0.25, -0.2) is 8.42 Å². The van der Waals surface area contributed by atoms with Gasteiger partial charge in [-0.2, -0.15) is 0 Å². The van der Waals surface area contributed by atoms with Crippen LogP contribution in [0.2, 0.25) is 0 Å². The topological polar surface area (TPSA) is 84.0 Å². The van der Waals surface area contributed by atoms with Gasteiger partial charge in [-0.3, -0.25) is 4.72 Å². The fraction of sp³-hybridized carbons (Fsp3) is 0.444. The van der Waals surface area contributed by atoms with Gasteiger partial charge in [0, 0.05) is 11.4 Å². The Labute approximate surface area is 158 Å². The van der Waals surface area contributed by atoms with E-state index in [0.29, 0.717) is 10.0 Å². The van der Waals surface area contributed by atoms with Gasteiger partial charge in [0.25, 0.3) is 10.0 Å². The van der Waals surface area contributed by atoms with Crippen LogP contribution < -0.4 is 10.0 Å². The minimum atomic E-state index is -3.61. The largest absolute Gasteiger partial charge is 0.368 e. The van der Waals surface area contributed by atoms with Crippen molar-refractivity contribution in [2.45, 2.75) is 49.7 Å². The predicted octanol–water partition coefficient (Wildman–Crippen LogP) is 4.20. The highest BCUT2D eigenvalue weighted by Crippen LogP contribution is 2.24. The van der Waals surface area contributed by atoms with Crippen molar-refractivity contribution in [3.63, 3.8) is 0 Å². The average Bonchev–Trinajstić information content (AvgIpc) is 3.14. The second-order valence-electron chi connectivity index (χ2n) is 6.27. The van der Waals surface area contributed by atoms with Crippen molar-refractivity contribution >= 4 is 33.0 Å². The molecular weight excluding hydrogens is 368 g/mol. The summed E-state index contributed by atoms with van der Waals surface area (Å²) in [7, 11) is -3.61. The Morgan fingerprint density at radius 3 is 2.58 bits per heavy atom. The zero-order valence-electron chi connectivity index (χ0n) is 14.9. The predicted molar refractivity (Wildman–Crippen MR) is 106 cm³/mol. The Morgan fingerprint density at radius 1 is 1.12 bits per heavy atom. The third kappa shape index (κ3) is 5.04. The van der Waals surface area contributed by atoms with E-state index in [4.69, 9.17) is 0 Å². The average molecular weight is 393 g/mol. The molecule has 0 saturated carbocycles. The van der Waals surface area contributed by atoms with Gasteiger partial charge in [0.2, 0.25) is 0 Å². The molecule has 1 aliphatic rings. The van der Waals surface area contributed by atoms with Crippen molar-refractivity contribution in [2.75, 3.05) is 16.6 Å². The number of rotatable bonds is 8. The molecule has 0 saturated heterocycles. The molecule has 2 N–H and O–H groups in total. The van der Waals surface area contributed by atoms with E-state index in [1.54, 1.807) is 18.2 Å². The van der Waals surface area contributed by atoms with Gasteiger partial charge in [0.1, 0.15) is 10.0 Å². The number of sulfonamides is 1. The second kappa shape index (κ2) is 8.64. The van der Waals surface area contributed by atoms with Crippen LogP contribution in [0.25, 0.3) is 0 Å². The summed E-state index contributed by atoms with van der Waals surface area (Å²) >= 11 is 1.27. The minimum Gasteiger partial charge on any atom is -0.368 e. The van der Waals surface area contributed by atoms with Gasteiger partial charge in [-0.05, 0) is 62.8 Å². The van der Waals surface area contributed by atoms with E-state index in [9.17, 15) is 8.42 Å². The maximum atomic E-state index is 12.4. The molecule has 0 bridgehead atoms. The van der Waals surface area contributed by atoms with Crippen LogP contribution in [-0.2, 0) is 16.4 Å². The second-order valence-corrected chi connectivity index (χ2v) is 9.35. The molecule has 0 atom stereocenters. The number of hydrogen-bond donors (Lipinski definition) is 2. The zero-order valence-corrected chi connectivity index (χ0v) is 16.5. The molecule has 3 rings (SSSR count). The van der Waals surface area contributed by atoms with Gasteiger partial charge < -0.3 is 5.32 Å². The molecule has 6 nitrogen and oxygen atoms in total. The van der Waals surface area contributed by atoms with E-state index >= 15 is 0 Å². The first-order chi connectivity index (χ1) is 12.6. The first-order valence-corrected chi connectivity index (χ1v) is 11.2. The quantitative estimate of drug-likeness (QED) is 0.658. The van der Waals surface area contributed by atoms with Crippen LogP contribution in [0, 0.1) is 0 Å². The lowest BCUT2D eigenvalue weighted by atomic mass is 9.97. The lowest BCUT2D eigenvalue weighted by Crippen LogP contribution is -2.13. The highest BCUT2D eigenvalue weighted by Gasteiger charge is 2.17. The summed E-state index contributed by atoms with van der Waals surface area (Å²) in [5.41, 5.74) is 1.50. The van der Waals surface area contributed by atoms with Gasteiger partial charge in [-0.15, -0.1) is 21.5 Å². The molecular formula is C18H24N4O2S2. The van der Waals surface area contributed by atoms with Crippen molar-refractivity contribution in [1.29, 1.82) is 0 Å². The van der Waals surface area contributed by atoms with Crippen LogP contribution >= 0.6 is 11.3 Å². The van der Waals surface area contributed by atoms with E-state index in [-0.39, 0.29) is 5.82 Å². The number of nitrogens with zero attached hydrogens (tertiary/aromatic N) is 2. The Morgan fingerprint density at radius 2 is 1.92 bits per heavy atom. The number of hydrogen-bond acceptors (Lipinski definition) is 6. The fourth-order valence-corrected chi connectivity index (χ4v) is 5.14. The van der Waals surface area contributed by atoms with E-state index in [1.807, 2.05) is 13.0 Å². The number of allylic oxidation sites excluding steroid dienone is 1. The van der Waals surface area contributed by atoms with Crippen LogP contribution in [0.3, 0.4) is 0 Å². The third-order valence-corrected chi connectivity index (χ3v) is 7.37. The first kappa shape index (κ1) is 18.8. The summed E-state index contributed by atoms with van der Waals surface area (Å²) < 4.78 is 27.5. The van der Waals surface area contributed by atoms with E-state index in [2.05, 4.69) is 26.3 Å². The molecule has 2 aromatic rings. The molecule has 2 heterocycles. The van der Waals surface area contributed by atoms with Gasteiger partial charge in [0.05, 0.1) is 0 Å². The summed E-state index contributed by atoms with van der Waals surface area (Å²) in [4.78, 5) is 1.03. The first-order valence-electron chi connectivity index (χ1n) is 8.94. The van der Waals surface area contributed by atoms with Crippen LogP contribution in [0.5, 0.6) is 0 Å². The number of aryl methyl sites for hydroxylation is 1. The molecule has 140 valence electrons. The monoisotopic (exact) mass is 392 g/mol. The molecule has 0 unspecified atom stereocenters. The smallest absolute Gasteiger partial charge is 0.272 e. The molecule has 26 heavy (non-hydrogen) atoms. The summed E-state index contributed by atoms with van der Waals surface area (Å²) in [5.74, 6) is 0.866. The van der Waals surface area contributed by atoms with Crippen LogP contribution in [0.15, 0.2) is 40.1 Å². The standard InChI is InChI=1S/C18H24N4O2S2/c1-2-15-8-11-18(25-15)26(23,24)22-17-10-9-16(20-21-17)19-13-12-14-6-4-3-5-7-14/h6,8-11H,2-5,7,12-13H2,1H3,(H,19,20)(H,21,22). The van der Waals surface area contributed by atoms with Crippen molar-refractivity contribution in [2.24, 2.45) is 0 Å². The van der Waals surface area contributed by atoms with E-state index in [1.165, 1.54) is 42.6 Å². The van der Waals surface area contributed by atoms with Gasteiger partial charge in [-0.1, -0.05) is 18.6 Å². The number of aromatic nitrogens is 2. The van der Waals surface area contributed by atoms with Crippen molar-refractivity contribution in [3.8, 4) is 0 Å². The van der Waals surface area contributed by atoms with Crippen LogP contribution in [-0.4, -0.2) is 25.2 Å². The molecule has 0 amide bonds. The molecule has 0 fully saturated rings. The maximum Gasteiger partial charge on any atom is 0.272 e. The number of anilines is 2. The Bertz CT molecular complexity index is 858. The zero-order chi connectivity index (χ0) is 18.4. The van der Waals surface area contributed by atoms with Gasteiger partial charge in [0.15, 0.2) is 5.82 Å². The van der Waals surface area contributed by atoms with E-state index in [0.717, 1.165) is 24.3 Å². The Kier molecular flexibility index (Phi) is 6.26. The molecule has 1 aliphatic carbocycles. The Balaban J connectivity index is 1.54. The normalized spacial score (nSPS) is 14.7. The summed E-state index contributed by atoms with van der Waals surface area (Å²) in [6, 6.07) is 6.82. The minimum absolute atomic E-state index is 0.219. The van der Waals surface area contributed by atoms with Crippen molar-refractivity contribution in [1.82, 2.24) is 10.2 Å². The lowest BCUT2D eigenvalue weighted by molar-refractivity contribution is 0.603. The molecule has 0 aliphatic heterocycles. The molecule has 2 aromatic heterocycles. The van der Waals surface area contributed by atoms with Gasteiger partial charge >= 0.3 is 0 Å². The van der Waals surface area contributed by atoms with Crippen molar-refractivity contribution < 1.29 is 8.42 Å². The highest BCUT2D eigenvalue weighted by atomic mass is 32.2. The van der Waals surface area contributed by atoms with Crippen LogP contribution in [0.4, 0.5) is 11.6 Å². The SMILES string of the molecule is CCc1ccc(S(=O)(=O)Nc2ccc(NCCC3=CCCCC3)nn2)s1. The fourth-order valence-electron chi connectivity index (χ4n) is 2.84. The maximum absolute atomic E-state index is 12.4. The number of nitrogens with one attached hydrogen (secondary N) is 2. The van der Waals surface area contributed by atoms with E-state index < -0.39 is 10.0 Å². The number of thiophene rings is 1. The molecule has 8 heteroatoms. The summed E-state index contributed by atoms with van der Waals surface area (Å²) in [5, 5.41) is 11.3. The Hall–Kier alpha value is -1.93. The molecule has 0 spiro atoms.